The highest BCUT2D eigenvalue weighted by molar-refractivity contribution is 9.10. The summed E-state index contributed by atoms with van der Waals surface area (Å²) in [5.74, 6) is 0.857. The zero-order valence-electron chi connectivity index (χ0n) is 12.2. The van der Waals surface area contributed by atoms with Crippen LogP contribution in [0.4, 0.5) is 0 Å². The van der Waals surface area contributed by atoms with Crippen molar-refractivity contribution in [2.75, 3.05) is 6.61 Å². The molecule has 0 atom stereocenters. The summed E-state index contributed by atoms with van der Waals surface area (Å²) >= 11 is 3.49. The summed E-state index contributed by atoms with van der Waals surface area (Å²) in [4.78, 5) is 10.2. The van der Waals surface area contributed by atoms with Crippen LogP contribution in [0.2, 0.25) is 0 Å². The Bertz CT molecular complexity index is 694. The first-order valence-electron chi connectivity index (χ1n) is 7.50. The van der Waals surface area contributed by atoms with Crippen molar-refractivity contribution in [3.63, 3.8) is 0 Å². The van der Waals surface area contributed by atoms with Crippen LogP contribution >= 0.6 is 15.9 Å². The molecule has 2 aliphatic rings. The monoisotopic (exact) mass is 360 g/mol. The van der Waals surface area contributed by atoms with Crippen LogP contribution < -0.4 is 4.89 Å². The highest BCUT2D eigenvalue weighted by Gasteiger charge is 2.45. The third kappa shape index (κ3) is 2.78. The van der Waals surface area contributed by atoms with Crippen molar-refractivity contribution < 1.29 is 14.5 Å². The summed E-state index contributed by atoms with van der Waals surface area (Å²) in [6, 6.07) is 14.6. The fourth-order valence-electron chi connectivity index (χ4n) is 2.90. The average Bonchev–Trinajstić information content (AvgIpc) is 3.16. The molecular weight excluding hydrogens is 344 g/mol. The van der Waals surface area contributed by atoms with Gasteiger partial charge in [-0.25, -0.2) is 0 Å². The van der Waals surface area contributed by atoms with Gasteiger partial charge >= 0.3 is 0 Å². The second-order valence-corrected chi connectivity index (χ2v) is 6.99. The number of fused-ring (bicyclic) bond motifs is 1. The molecule has 4 heteroatoms. The first kappa shape index (κ1) is 14.2. The van der Waals surface area contributed by atoms with Crippen LogP contribution in [0.5, 0.6) is 5.75 Å². The summed E-state index contributed by atoms with van der Waals surface area (Å²) < 4.78 is 7.07. The van der Waals surface area contributed by atoms with Gasteiger partial charge in [0.05, 0.1) is 13.2 Å². The Balaban J connectivity index is 1.42. The molecule has 0 unspecified atom stereocenters. The Kier molecular flexibility index (Phi) is 3.68. The van der Waals surface area contributed by atoms with Gasteiger partial charge in [0.15, 0.2) is 5.75 Å². The van der Waals surface area contributed by atoms with Gasteiger partial charge in [-0.1, -0.05) is 40.2 Å². The van der Waals surface area contributed by atoms with E-state index in [1.54, 1.807) is 0 Å². The zero-order valence-corrected chi connectivity index (χ0v) is 13.8. The summed E-state index contributed by atoms with van der Waals surface area (Å²) in [7, 11) is 0. The number of hydrogen-bond donors (Lipinski definition) is 0. The highest BCUT2D eigenvalue weighted by Crippen LogP contribution is 2.49. The fraction of sp³-hybridized carbons (Fsp3) is 0.333. The van der Waals surface area contributed by atoms with E-state index >= 15 is 0 Å². The van der Waals surface area contributed by atoms with Crippen molar-refractivity contribution in [3.05, 3.63) is 63.6 Å². The Morgan fingerprint density at radius 3 is 2.86 bits per heavy atom. The van der Waals surface area contributed by atoms with Crippen LogP contribution in [0, 0.1) is 0 Å². The van der Waals surface area contributed by atoms with Crippen LogP contribution in [-0.4, -0.2) is 6.61 Å². The molecule has 1 heterocycles. The number of benzene rings is 2. The van der Waals surface area contributed by atoms with Gasteiger partial charge < -0.3 is 9.62 Å². The second kappa shape index (κ2) is 5.69. The molecular formula is C18H17BrO3. The number of ether oxygens (including phenoxy) is 1. The zero-order chi connectivity index (χ0) is 15.0. The first-order chi connectivity index (χ1) is 10.8. The summed E-state index contributed by atoms with van der Waals surface area (Å²) in [5, 5.41) is 0. The lowest BCUT2D eigenvalue weighted by Gasteiger charge is -2.16. The van der Waals surface area contributed by atoms with Gasteiger partial charge in [-0.3, -0.25) is 0 Å². The molecule has 4 rings (SSSR count). The van der Waals surface area contributed by atoms with Crippen LogP contribution in [0.15, 0.2) is 46.9 Å². The van der Waals surface area contributed by atoms with Crippen molar-refractivity contribution >= 4 is 15.9 Å². The predicted molar refractivity (Wildman–Crippen MR) is 86.6 cm³/mol. The van der Waals surface area contributed by atoms with Gasteiger partial charge in [-0.15, -0.1) is 0 Å². The van der Waals surface area contributed by atoms with E-state index in [1.165, 1.54) is 24.0 Å². The van der Waals surface area contributed by atoms with Gasteiger partial charge in [0.2, 0.25) is 0 Å². The van der Waals surface area contributed by atoms with E-state index in [0.29, 0.717) is 13.2 Å². The lowest BCUT2D eigenvalue weighted by Crippen LogP contribution is -2.15. The number of halogens is 1. The fourth-order valence-corrected chi connectivity index (χ4v) is 3.34. The molecule has 0 N–H and O–H groups in total. The van der Waals surface area contributed by atoms with Crippen molar-refractivity contribution in [1.82, 2.24) is 0 Å². The molecule has 0 saturated heterocycles. The molecule has 3 nitrogen and oxygen atoms in total. The molecule has 1 aliphatic heterocycles. The van der Waals surface area contributed by atoms with Gasteiger partial charge in [0, 0.05) is 15.5 Å². The van der Waals surface area contributed by atoms with Crippen LogP contribution in [-0.2, 0) is 28.3 Å². The van der Waals surface area contributed by atoms with E-state index in [-0.39, 0.29) is 5.41 Å². The average molecular weight is 361 g/mol. The smallest absolute Gasteiger partial charge is 0.171 e. The highest BCUT2D eigenvalue weighted by atomic mass is 79.9. The Hall–Kier alpha value is -1.36. The lowest BCUT2D eigenvalue weighted by molar-refractivity contribution is -0.194. The lowest BCUT2D eigenvalue weighted by atomic mass is 9.95. The van der Waals surface area contributed by atoms with Crippen LogP contribution in [0.25, 0.3) is 0 Å². The van der Waals surface area contributed by atoms with E-state index in [0.717, 1.165) is 22.4 Å². The van der Waals surface area contributed by atoms with Crippen molar-refractivity contribution in [3.8, 4) is 5.75 Å². The molecule has 2 aromatic carbocycles. The Labute approximate surface area is 138 Å². The van der Waals surface area contributed by atoms with E-state index in [2.05, 4.69) is 46.3 Å². The molecule has 1 aliphatic carbocycles. The second-order valence-electron chi connectivity index (χ2n) is 6.07. The molecule has 0 aromatic heterocycles. The van der Waals surface area contributed by atoms with Crippen molar-refractivity contribution in [1.29, 1.82) is 0 Å². The molecule has 114 valence electrons. The van der Waals surface area contributed by atoms with E-state index in [9.17, 15) is 0 Å². The van der Waals surface area contributed by atoms with E-state index < -0.39 is 0 Å². The normalized spacial score (nSPS) is 17.9. The molecule has 1 saturated carbocycles. The summed E-state index contributed by atoms with van der Waals surface area (Å²) in [6.45, 7) is 1.94. The number of hydrogen-bond acceptors (Lipinski definition) is 3. The summed E-state index contributed by atoms with van der Waals surface area (Å²) in [6.07, 6.45) is 2.34. The molecule has 0 bridgehead atoms. The summed E-state index contributed by atoms with van der Waals surface area (Å²) in [5.41, 5.74) is 3.77. The van der Waals surface area contributed by atoms with Crippen molar-refractivity contribution in [2.45, 2.75) is 31.5 Å². The van der Waals surface area contributed by atoms with Gasteiger partial charge in [-0.05, 0) is 42.2 Å². The Morgan fingerprint density at radius 1 is 1.14 bits per heavy atom. The largest absolute Gasteiger partial charge is 0.376 e. The minimum Gasteiger partial charge on any atom is -0.376 e. The molecule has 1 fully saturated rings. The Morgan fingerprint density at radius 2 is 2.05 bits per heavy atom. The third-order valence-corrected chi connectivity index (χ3v) is 4.93. The minimum atomic E-state index is 0.160. The SMILES string of the molecule is Brc1cccc(COCC2(c3ccc4c(c3)OOC4)CC2)c1. The molecule has 0 radical (unpaired) electrons. The standard InChI is InChI=1S/C18H17BrO3/c19-16-3-1-2-13(8-16)10-20-12-18(6-7-18)15-5-4-14-11-21-22-17(14)9-15/h1-5,8-9H,6-7,10-12H2. The van der Waals surface area contributed by atoms with Gasteiger partial charge in [0.1, 0.15) is 6.61 Å². The maximum atomic E-state index is 5.98. The van der Waals surface area contributed by atoms with Crippen LogP contribution in [0.3, 0.4) is 0 Å². The van der Waals surface area contributed by atoms with Crippen molar-refractivity contribution in [2.24, 2.45) is 0 Å². The maximum absolute atomic E-state index is 5.98. The molecule has 2 aromatic rings. The third-order valence-electron chi connectivity index (χ3n) is 4.43. The van der Waals surface area contributed by atoms with Crippen LogP contribution in [0.1, 0.15) is 29.5 Å². The van der Waals surface area contributed by atoms with Gasteiger partial charge in [-0.2, -0.15) is 4.89 Å². The van der Waals surface area contributed by atoms with E-state index in [1.807, 2.05) is 12.1 Å². The maximum Gasteiger partial charge on any atom is 0.171 e. The minimum absolute atomic E-state index is 0.160. The first-order valence-corrected chi connectivity index (χ1v) is 8.30. The molecule has 0 spiro atoms. The van der Waals surface area contributed by atoms with E-state index in [4.69, 9.17) is 14.5 Å². The van der Waals surface area contributed by atoms with Gasteiger partial charge in [0.25, 0.3) is 0 Å². The molecule has 22 heavy (non-hydrogen) atoms. The molecule has 0 amide bonds. The number of rotatable bonds is 5. The predicted octanol–water partition coefficient (Wildman–Crippen LogP) is 4.52. The quantitative estimate of drug-likeness (QED) is 0.733. The topological polar surface area (TPSA) is 27.7 Å².